The average molecular weight is 182 g/mol. The minimum atomic E-state index is 0.314. The van der Waals surface area contributed by atoms with Crippen molar-refractivity contribution in [1.82, 2.24) is 9.97 Å². The van der Waals surface area contributed by atoms with E-state index in [1.165, 1.54) is 12.4 Å². The van der Waals surface area contributed by atoms with Crippen LogP contribution in [0.3, 0.4) is 0 Å². The Hall–Kier alpha value is -2.60. The fraction of sp³-hybridized carbons (Fsp3) is 0. The predicted octanol–water partition coefficient (Wildman–Crippen LogP) is -1.16. The summed E-state index contributed by atoms with van der Waals surface area (Å²) in [6.07, 6.45) is 6.27. The first-order valence-electron chi connectivity index (χ1n) is 3.63. The van der Waals surface area contributed by atoms with Gasteiger partial charge in [0.15, 0.2) is 11.0 Å². The van der Waals surface area contributed by atoms with Crippen LogP contribution in [-0.4, -0.2) is 9.97 Å². The molecule has 2 aliphatic heterocycles. The summed E-state index contributed by atoms with van der Waals surface area (Å²) in [5, 5.41) is 18.0. The second kappa shape index (κ2) is 3.04. The van der Waals surface area contributed by atoms with E-state index < -0.39 is 0 Å². The van der Waals surface area contributed by atoms with Crippen LogP contribution in [0.15, 0.2) is 22.4 Å². The van der Waals surface area contributed by atoms with Crippen LogP contribution in [0.2, 0.25) is 0 Å². The van der Waals surface area contributed by atoms with Crippen LogP contribution in [0, 0.1) is 33.3 Å². The molecule has 0 N–H and O–H groups in total. The van der Waals surface area contributed by atoms with Crippen LogP contribution in [0.5, 0.6) is 0 Å². The van der Waals surface area contributed by atoms with Crippen molar-refractivity contribution in [2.24, 2.45) is 9.98 Å². The third-order valence-electron chi connectivity index (χ3n) is 1.72. The van der Waals surface area contributed by atoms with Gasteiger partial charge in [-0.05, 0) is 0 Å². The van der Waals surface area contributed by atoms with Crippen molar-refractivity contribution >= 4 is 0 Å². The van der Waals surface area contributed by atoms with Crippen LogP contribution < -0.4 is 11.0 Å². The first kappa shape index (κ1) is 8.02. The van der Waals surface area contributed by atoms with Crippen LogP contribution in [-0.2, 0) is 0 Å². The first-order chi connectivity index (χ1) is 6.86. The van der Waals surface area contributed by atoms with E-state index in [2.05, 4.69) is 20.0 Å². The molecule has 0 unspecified atom stereocenters. The third kappa shape index (κ3) is 1.03. The van der Waals surface area contributed by atoms with Crippen molar-refractivity contribution in [3.05, 3.63) is 33.8 Å². The van der Waals surface area contributed by atoms with Crippen LogP contribution in [0.25, 0.3) is 0 Å². The van der Waals surface area contributed by atoms with Gasteiger partial charge in [0.05, 0.1) is 10.4 Å². The van der Waals surface area contributed by atoms with E-state index in [0.29, 0.717) is 21.4 Å². The summed E-state index contributed by atoms with van der Waals surface area (Å²) in [4.78, 5) is 14.8. The largest absolute Gasteiger partial charge is 0.235 e. The van der Waals surface area contributed by atoms with E-state index >= 15 is 0 Å². The van der Waals surface area contributed by atoms with Gasteiger partial charge < -0.3 is 0 Å². The molecule has 14 heavy (non-hydrogen) atoms. The van der Waals surface area contributed by atoms with Crippen molar-refractivity contribution in [3.63, 3.8) is 0 Å². The summed E-state index contributed by atoms with van der Waals surface area (Å²) in [6.45, 7) is 0. The van der Waals surface area contributed by atoms with Crippen molar-refractivity contribution < 1.29 is 0 Å². The Bertz CT molecular complexity index is 641. The number of hydrogen-bond acceptors (Lipinski definition) is 6. The standard InChI is InChI=1S/C8H2N6/c9-3-13-7-5-1-11-8(14-4-10)6(5)2-12-7/h1-2H. The number of hydrogen-bond donors (Lipinski definition) is 0. The molecule has 64 valence electrons. The van der Waals surface area contributed by atoms with Gasteiger partial charge in [-0.15, -0.1) is 0 Å². The lowest BCUT2D eigenvalue weighted by atomic mass is 10.4. The van der Waals surface area contributed by atoms with Crippen molar-refractivity contribution in [2.75, 3.05) is 0 Å². The van der Waals surface area contributed by atoms with Crippen LogP contribution in [0.1, 0.15) is 0 Å². The summed E-state index contributed by atoms with van der Waals surface area (Å²) in [7, 11) is 0. The molecule has 2 rings (SSSR count). The normalized spacial score (nSPS) is 13.0. The monoisotopic (exact) mass is 182 g/mol. The Labute approximate surface area is 77.5 Å². The summed E-state index contributed by atoms with van der Waals surface area (Å²) in [5.74, 6) is 0. The fourth-order valence-corrected chi connectivity index (χ4v) is 1.16. The topological polar surface area (TPSA) is 98.1 Å². The average Bonchev–Trinajstić information content (AvgIpc) is 2.72. The maximum absolute atomic E-state index is 8.35. The highest BCUT2D eigenvalue weighted by Crippen LogP contribution is 1.84. The molecule has 0 spiro atoms. The zero-order chi connectivity index (χ0) is 9.97. The number of nitriles is 2. The molecule has 0 saturated heterocycles. The lowest BCUT2D eigenvalue weighted by Crippen LogP contribution is -2.01. The van der Waals surface area contributed by atoms with Crippen LogP contribution in [0.4, 0.5) is 0 Å². The molecule has 0 atom stereocenters. The maximum atomic E-state index is 8.35. The molecule has 6 heteroatoms. The lowest BCUT2D eigenvalue weighted by Gasteiger charge is -1.67. The zero-order valence-corrected chi connectivity index (χ0v) is 6.84. The van der Waals surface area contributed by atoms with Gasteiger partial charge in [-0.1, -0.05) is 0 Å². The second-order valence-electron chi connectivity index (χ2n) is 2.41. The van der Waals surface area contributed by atoms with Gasteiger partial charge >= 0.3 is 0 Å². The van der Waals surface area contributed by atoms with Gasteiger partial charge in [-0.25, -0.2) is 9.97 Å². The molecule has 0 amide bonds. The highest BCUT2D eigenvalue weighted by molar-refractivity contribution is 5.07. The van der Waals surface area contributed by atoms with Gasteiger partial charge in [0.1, 0.15) is 0 Å². The van der Waals surface area contributed by atoms with Gasteiger partial charge in [-0.3, -0.25) is 0 Å². The molecule has 0 aromatic heterocycles. The number of aromatic nitrogens is 2. The highest BCUT2D eigenvalue weighted by atomic mass is 14.9. The Balaban J connectivity index is 2.98. The molecular weight excluding hydrogens is 180 g/mol. The zero-order valence-electron chi connectivity index (χ0n) is 6.84. The summed E-state index contributed by atoms with van der Waals surface area (Å²) < 4.78 is 0. The Morgan fingerprint density at radius 3 is 1.71 bits per heavy atom. The molecule has 0 radical (unpaired) electrons. The third-order valence-corrected chi connectivity index (χ3v) is 1.72. The molecule has 0 saturated carbocycles. The Kier molecular flexibility index (Phi) is 1.74. The molecule has 2 heterocycles. The predicted molar refractivity (Wildman–Crippen MR) is 42.1 cm³/mol. The number of rotatable bonds is 0. The lowest BCUT2D eigenvalue weighted by molar-refractivity contribution is 1.13. The van der Waals surface area contributed by atoms with E-state index in [-0.39, 0.29) is 0 Å². The smallest absolute Gasteiger partial charge is 0.207 e. The molecule has 6 nitrogen and oxygen atoms in total. The summed E-state index contributed by atoms with van der Waals surface area (Å²) >= 11 is 0. The van der Waals surface area contributed by atoms with Crippen molar-refractivity contribution in [1.29, 1.82) is 10.5 Å². The van der Waals surface area contributed by atoms with Crippen LogP contribution >= 0.6 is 0 Å². The Morgan fingerprint density at radius 1 is 0.929 bits per heavy atom. The molecule has 0 aromatic carbocycles. The fourth-order valence-electron chi connectivity index (χ4n) is 1.16. The number of nitrogens with zero attached hydrogens (tertiary/aromatic N) is 6. The first-order valence-corrected chi connectivity index (χ1v) is 3.63. The molecule has 0 aromatic rings. The van der Waals surface area contributed by atoms with E-state index in [9.17, 15) is 0 Å². The minimum Gasteiger partial charge on any atom is -0.235 e. The maximum Gasteiger partial charge on any atom is 0.207 e. The van der Waals surface area contributed by atoms with E-state index in [1.54, 1.807) is 12.4 Å². The quantitative estimate of drug-likeness (QED) is 0.480. The van der Waals surface area contributed by atoms with E-state index in [4.69, 9.17) is 10.5 Å². The Morgan fingerprint density at radius 2 is 1.36 bits per heavy atom. The molecule has 0 bridgehead atoms. The van der Waals surface area contributed by atoms with E-state index in [0.717, 1.165) is 0 Å². The van der Waals surface area contributed by atoms with Gasteiger partial charge in [0, 0.05) is 12.4 Å². The van der Waals surface area contributed by atoms with Gasteiger partial charge in [0.2, 0.25) is 12.4 Å². The van der Waals surface area contributed by atoms with Gasteiger partial charge in [-0.2, -0.15) is 20.5 Å². The van der Waals surface area contributed by atoms with Crippen molar-refractivity contribution in [3.8, 4) is 12.4 Å². The SMILES string of the molecule is N#CN=c1ncc2c(=NC#N)ncc1=2. The van der Waals surface area contributed by atoms with Gasteiger partial charge in [0.25, 0.3) is 0 Å². The summed E-state index contributed by atoms with van der Waals surface area (Å²) in [5.41, 5.74) is 0.628. The molecule has 2 aliphatic rings. The summed E-state index contributed by atoms with van der Waals surface area (Å²) in [6, 6.07) is 0. The molecule has 0 fully saturated rings. The van der Waals surface area contributed by atoms with E-state index in [1.807, 2.05) is 0 Å². The highest BCUT2D eigenvalue weighted by Gasteiger charge is 1.99. The molecule has 0 aliphatic carbocycles. The minimum absolute atomic E-state index is 0.314. The molecular formula is C8H2N6. The van der Waals surface area contributed by atoms with Crippen molar-refractivity contribution in [2.45, 2.75) is 0 Å². The second-order valence-corrected chi connectivity index (χ2v) is 2.41.